The summed E-state index contributed by atoms with van der Waals surface area (Å²) in [5.41, 5.74) is 2.58. The Labute approximate surface area is 148 Å². The fraction of sp³-hybridized carbons (Fsp3) is 0.0556. The van der Waals surface area contributed by atoms with E-state index in [2.05, 4.69) is 20.3 Å². The molecule has 0 atom stereocenters. The van der Waals surface area contributed by atoms with Gasteiger partial charge in [0.2, 0.25) is 0 Å². The molecule has 2 N–H and O–H groups in total. The average Bonchev–Trinajstić information content (AvgIpc) is 2.95. The van der Waals surface area contributed by atoms with Crippen molar-refractivity contribution >= 4 is 34.3 Å². The van der Waals surface area contributed by atoms with Crippen molar-refractivity contribution in [3.05, 3.63) is 82.0 Å². The Bertz CT molecular complexity index is 1090. The number of hydrogen-bond donors (Lipinski definition) is 2. The van der Waals surface area contributed by atoms with Crippen molar-refractivity contribution in [1.29, 1.82) is 0 Å². The number of nitrogens with one attached hydrogen (secondary N) is 2. The van der Waals surface area contributed by atoms with Gasteiger partial charge in [-0.2, -0.15) is 0 Å². The Morgan fingerprint density at radius 2 is 1.80 bits per heavy atom. The summed E-state index contributed by atoms with van der Waals surface area (Å²) >= 11 is 6.19. The van der Waals surface area contributed by atoms with Crippen LogP contribution in [0.15, 0.2) is 65.7 Å². The third-order valence-electron chi connectivity index (χ3n) is 3.87. The van der Waals surface area contributed by atoms with Crippen LogP contribution in [0.3, 0.4) is 0 Å². The number of aromatic nitrogens is 4. The Hall–Kier alpha value is -3.12. The molecule has 6 nitrogen and oxygen atoms in total. The van der Waals surface area contributed by atoms with Crippen LogP contribution in [0.25, 0.3) is 11.2 Å². The number of hydrogen-bond acceptors (Lipinski definition) is 4. The van der Waals surface area contributed by atoms with Crippen molar-refractivity contribution in [2.75, 3.05) is 5.32 Å². The second-order valence-corrected chi connectivity index (χ2v) is 5.93. The minimum absolute atomic E-state index is 0.235. The summed E-state index contributed by atoms with van der Waals surface area (Å²) in [6, 6.07) is 17.1. The molecule has 0 aliphatic rings. The number of imidazole rings is 1. The van der Waals surface area contributed by atoms with E-state index in [-0.39, 0.29) is 5.69 Å². The summed E-state index contributed by atoms with van der Waals surface area (Å²) in [5.74, 6) is 0.502. The van der Waals surface area contributed by atoms with Gasteiger partial charge in [0.1, 0.15) is 11.8 Å². The molecular formula is C18H14ClN5O. The van der Waals surface area contributed by atoms with E-state index in [1.807, 2.05) is 48.5 Å². The predicted octanol–water partition coefficient (Wildman–Crippen LogP) is 3.56. The Morgan fingerprint density at radius 3 is 2.60 bits per heavy atom. The first-order valence-electron chi connectivity index (χ1n) is 7.71. The van der Waals surface area contributed by atoms with E-state index < -0.39 is 0 Å². The third-order valence-corrected chi connectivity index (χ3v) is 4.20. The molecule has 7 heteroatoms. The normalized spacial score (nSPS) is 10.9. The summed E-state index contributed by atoms with van der Waals surface area (Å²) in [4.78, 5) is 23.7. The van der Waals surface area contributed by atoms with Crippen LogP contribution in [0, 0.1) is 0 Å². The van der Waals surface area contributed by atoms with Crippen LogP contribution >= 0.6 is 11.6 Å². The highest BCUT2D eigenvalue weighted by atomic mass is 35.5. The highest BCUT2D eigenvalue weighted by Crippen LogP contribution is 2.26. The second-order valence-electron chi connectivity index (χ2n) is 5.53. The maximum absolute atomic E-state index is 12.4. The highest BCUT2D eigenvalue weighted by Gasteiger charge is 2.13. The molecule has 0 saturated heterocycles. The molecule has 0 amide bonds. The third kappa shape index (κ3) is 2.99. The van der Waals surface area contributed by atoms with Crippen LogP contribution in [-0.4, -0.2) is 19.5 Å². The molecule has 0 bridgehead atoms. The lowest BCUT2D eigenvalue weighted by Crippen LogP contribution is -2.17. The predicted molar refractivity (Wildman–Crippen MR) is 98.4 cm³/mol. The molecule has 25 heavy (non-hydrogen) atoms. The fourth-order valence-corrected chi connectivity index (χ4v) is 2.85. The Morgan fingerprint density at radius 1 is 1.04 bits per heavy atom. The van der Waals surface area contributed by atoms with Gasteiger partial charge in [0.25, 0.3) is 0 Å². The van der Waals surface area contributed by atoms with Gasteiger partial charge in [-0.15, -0.1) is 0 Å². The summed E-state index contributed by atoms with van der Waals surface area (Å²) in [6.07, 6.45) is 1.43. The zero-order valence-electron chi connectivity index (χ0n) is 13.1. The van der Waals surface area contributed by atoms with Crippen molar-refractivity contribution in [3.63, 3.8) is 0 Å². The van der Waals surface area contributed by atoms with Crippen LogP contribution in [0.4, 0.5) is 11.5 Å². The van der Waals surface area contributed by atoms with Gasteiger partial charge >= 0.3 is 5.69 Å². The zero-order valence-corrected chi connectivity index (χ0v) is 13.9. The molecule has 0 fully saturated rings. The second kappa shape index (κ2) is 6.41. The molecule has 0 spiro atoms. The van der Waals surface area contributed by atoms with Crippen LogP contribution in [0.5, 0.6) is 0 Å². The number of aromatic amines is 1. The molecule has 0 aliphatic heterocycles. The summed E-state index contributed by atoms with van der Waals surface area (Å²) in [6.45, 7) is 0.433. The molecule has 0 saturated carbocycles. The van der Waals surface area contributed by atoms with Gasteiger partial charge in [0.15, 0.2) is 11.5 Å². The maximum Gasteiger partial charge on any atom is 0.328 e. The summed E-state index contributed by atoms with van der Waals surface area (Å²) in [5, 5.41) is 3.72. The number of nitrogens with zero attached hydrogens (tertiary/aromatic N) is 3. The molecule has 2 aromatic carbocycles. The molecule has 2 aromatic heterocycles. The lowest BCUT2D eigenvalue weighted by molar-refractivity contribution is 0.777. The minimum Gasteiger partial charge on any atom is -0.337 e. The molecule has 0 aliphatic carbocycles. The SMILES string of the molecule is O=c1[nH]c2c(Nc3ccccc3Cl)ncnc2n1Cc1ccccc1. The van der Waals surface area contributed by atoms with Gasteiger partial charge in [0, 0.05) is 0 Å². The standard InChI is InChI=1S/C18H14ClN5O/c19-13-8-4-5-9-14(13)22-16-15-17(21-11-20-16)24(18(25)23-15)10-12-6-2-1-3-7-12/h1-9,11H,10H2,(H,23,25)(H,20,21,22). The monoisotopic (exact) mass is 351 g/mol. The van der Waals surface area contributed by atoms with Crippen LogP contribution in [0.2, 0.25) is 5.02 Å². The highest BCUT2D eigenvalue weighted by molar-refractivity contribution is 6.33. The molecule has 124 valence electrons. The topological polar surface area (TPSA) is 75.6 Å². The van der Waals surface area contributed by atoms with Crippen LogP contribution in [0.1, 0.15) is 5.56 Å². The van der Waals surface area contributed by atoms with Crippen molar-refractivity contribution in [1.82, 2.24) is 19.5 Å². The molecular weight excluding hydrogens is 338 g/mol. The van der Waals surface area contributed by atoms with Gasteiger partial charge in [-0.3, -0.25) is 4.57 Å². The van der Waals surface area contributed by atoms with Crippen molar-refractivity contribution in [2.45, 2.75) is 6.54 Å². The summed E-state index contributed by atoms with van der Waals surface area (Å²) < 4.78 is 1.59. The van der Waals surface area contributed by atoms with E-state index in [9.17, 15) is 4.79 Å². The van der Waals surface area contributed by atoms with Crippen molar-refractivity contribution in [2.24, 2.45) is 0 Å². The molecule has 0 radical (unpaired) electrons. The number of fused-ring (bicyclic) bond motifs is 1. The molecule has 0 unspecified atom stereocenters. The lowest BCUT2D eigenvalue weighted by atomic mass is 10.2. The quantitative estimate of drug-likeness (QED) is 0.589. The van der Waals surface area contributed by atoms with Gasteiger partial charge < -0.3 is 10.3 Å². The van der Waals surface area contributed by atoms with Crippen LogP contribution in [-0.2, 0) is 6.54 Å². The maximum atomic E-state index is 12.4. The first-order valence-corrected chi connectivity index (χ1v) is 8.09. The smallest absolute Gasteiger partial charge is 0.328 e. The fourth-order valence-electron chi connectivity index (χ4n) is 2.66. The van der Waals surface area contributed by atoms with Crippen molar-refractivity contribution in [3.8, 4) is 0 Å². The zero-order chi connectivity index (χ0) is 17.2. The minimum atomic E-state index is -0.235. The van der Waals surface area contributed by atoms with Gasteiger partial charge in [-0.1, -0.05) is 54.1 Å². The largest absolute Gasteiger partial charge is 0.337 e. The van der Waals surface area contributed by atoms with E-state index in [1.54, 1.807) is 10.6 Å². The average molecular weight is 352 g/mol. The first-order chi connectivity index (χ1) is 12.2. The number of anilines is 2. The number of benzene rings is 2. The summed E-state index contributed by atoms with van der Waals surface area (Å²) in [7, 11) is 0. The van der Waals surface area contributed by atoms with E-state index in [4.69, 9.17) is 11.6 Å². The Balaban J connectivity index is 1.77. The van der Waals surface area contributed by atoms with E-state index in [0.717, 1.165) is 5.56 Å². The van der Waals surface area contributed by atoms with E-state index in [0.29, 0.717) is 34.2 Å². The van der Waals surface area contributed by atoms with E-state index >= 15 is 0 Å². The number of halogens is 1. The number of rotatable bonds is 4. The van der Waals surface area contributed by atoms with Crippen molar-refractivity contribution < 1.29 is 0 Å². The van der Waals surface area contributed by atoms with E-state index in [1.165, 1.54) is 6.33 Å². The molecule has 4 rings (SSSR count). The van der Waals surface area contributed by atoms with Crippen LogP contribution < -0.4 is 11.0 Å². The van der Waals surface area contributed by atoms with Gasteiger partial charge in [-0.25, -0.2) is 14.8 Å². The van der Waals surface area contributed by atoms with Gasteiger partial charge in [0.05, 0.1) is 17.3 Å². The Kier molecular flexibility index (Phi) is 3.95. The molecule has 4 aromatic rings. The lowest BCUT2D eigenvalue weighted by Gasteiger charge is -2.08. The van der Waals surface area contributed by atoms with Gasteiger partial charge in [-0.05, 0) is 17.7 Å². The number of H-pyrrole nitrogens is 1. The first kappa shape index (κ1) is 15.4. The molecule has 2 heterocycles. The number of para-hydroxylation sites is 1.